The summed E-state index contributed by atoms with van der Waals surface area (Å²) in [6, 6.07) is 1.02. The molecule has 1 atom stereocenters. The topological polar surface area (TPSA) is 102 Å². The van der Waals surface area contributed by atoms with Crippen molar-refractivity contribution in [3.05, 3.63) is 17.5 Å². The second-order valence-corrected chi connectivity index (χ2v) is 6.14. The van der Waals surface area contributed by atoms with E-state index < -0.39 is 17.9 Å². The fraction of sp³-hybridized carbons (Fsp3) is 0.643. The van der Waals surface area contributed by atoms with Crippen LogP contribution in [0.1, 0.15) is 49.9 Å². The first-order chi connectivity index (χ1) is 9.71. The van der Waals surface area contributed by atoms with E-state index >= 15 is 0 Å². The molecule has 0 fully saturated rings. The van der Waals surface area contributed by atoms with Crippen molar-refractivity contribution in [1.29, 1.82) is 0 Å². The summed E-state index contributed by atoms with van der Waals surface area (Å²) in [6.45, 7) is 6.18. The Morgan fingerprint density at radius 1 is 1.48 bits per heavy atom. The highest BCUT2D eigenvalue weighted by Gasteiger charge is 2.24. The largest absolute Gasteiger partial charge is 0.481 e. The molecular weight excluding hydrogens is 276 g/mol. The Hall–Kier alpha value is -1.89. The third-order valence-electron chi connectivity index (χ3n) is 2.69. The molecule has 1 heterocycles. The second kappa shape index (κ2) is 7.21. The predicted octanol–water partition coefficient (Wildman–Crippen LogP) is 1.83. The van der Waals surface area contributed by atoms with Crippen molar-refractivity contribution in [2.24, 2.45) is 5.41 Å². The standard InChI is InChI=1S/C14H22N2O5/c1-14(2,3)7-9(5-12(17)18)15-13(19)11-6-10(8-20-4)21-16-11/h6,9H,5,7-8H2,1-4H3,(H,15,19)(H,17,18). The van der Waals surface area contributed by atoms with Crippen molar-refractivity contribution >= 4 is 11.9 Å². The van der Waals surface area contributed by atoms with Gasteiger partial charge in [0.2, 0.25) is 0 Å². The second-order valence-electron chi connectivity index (χ2n) is 6.14. The van der Waals surface area contributed by atoms with Crippen LogP contribution in [-0.2, 0) is 16.1 Å². The molecule has 118 valence electrons. The van der Waals surface area contributed by atoms with Gasteiger partial charge in [-0.05, 0) is 11.8 Å². The van der Waals surface area contributed by atoms with Gasteiger partial charge in [-0.3, -0.25) is 9.59 Å². The lowest BCUT2D eigenvalue weighted by atomic mass is 9.87. The molecule has 7 nitrogen and oxygen atoms in total. The maximum absolute atomic E-state index is 12.1. The van der Waals surface area contributed by atoms with E-state index in [4.69, 9.17) is 14.4 Å². The number of carbonyl (C=O) groups excluding carboxylic acids is 1. The zero-order valence-corrected chi connectivity index (χ0v) is 12.8. The molecule has 1 unspecified atom stereocenters. The fourth-order valence-electron chi connectivity index (χ4n) is 2.01. The molecule has 0 saturated heterocycles. The Morgan fingerprint density at radius 3 is 2.67 bits per heavy atom. The summed E-state index contributed by atoms with van der Waals surface area (Å²) in [5.41, 5.74) is 0.0182. The molecule has 1 aromatic rings. The summed E-state index contributed by atoms with van der Waals surface area (Å²) in [5, 5.41) is 15.3. The quantitative estimate of drug-likeness (QED) is 0.796. The number of hydrogen-bond acceptors (Lipinski definition) is 5. The Kier molecular flexibility index (Phi) is 5.90. The van der Waals surface area contributed by atoms with E-state index in [9.17, 15) is 9.59 Å². The van der Waals surface area contributed by atoms with Crippen LogP contribution in [0, 0.1) is 5.41 Å². The lowest BCUT2D eigenvalue weighted by Gasteiger charge is -2.25. The van der Waals surface area contributed by atoms with Crippen LogP contribution in [0.4, 0.5) is 0 Å². The molecule has 0 aliphatic carbocycles. The Bertz CT molecular complexity index is 490. The monoisotopic (exact) mass is 298 g/mol. The minimum Gasteiger partial charge on any atom is -0.481 e. The number of aliphatic carboxylic acids is 1. The zero-order chi connectivity index (χ0) is 16.0. The van der Waals surface area contributed by atoms with Gasteiger partial charge in [0.25, 0.3) is 5.91 Å². The van der Waals surface area contributed by atoms with Crippen LogP contribution in [-0.4, -0.2) is 35.3 Å². The molecule has 1 amide bonds. The molecule has 0 saturated carbocycles. The number of carboxylic acid groups (broad SMARTS) is 1. The summed E-state index contributed by atoms with van der Waals surface area (Å²) in [7, 11) is 1.51. The maximum atomic E-state index is 12.1. The van der Waals surface area contributed by atoms with E-state index in [1.807, 2.05) is 20.8 Å². The summed E-state index contributed by atoms with van der Waals surface area (Å²) >= 11 is 0. The lowest BCUT2D eigenvalue weighted by molar-refractivity contribution is -0.137. The SMILES string of the molecule is COCc1cc(C(=O)NC(CC(=O)O)CC(C)(C)C)no1. The molecule has 2 N–H and O–H groups in total. The molecule has 0 aliphatic heterocycles. The van der Waals surface area contributed by atoms with E-state index in [2.05, 4.69) is 10.5 Å². The number of carboxylic acids is 1. The molecule has 0 radical (unpaired) electrons. The van der Waals surface area contributed by atoms with Crippen LogP contribution in [0.15, 0.2) is 10.6 Å². The molecule has 0 aliphatic rings. The summed E-state index contributed by atoms with van der Waals surface area (Å²) in [4.78, 5) is 23.0. The smallest absolute Gasteiger partial charge is 0.305 e. The fourth-order valence-corrected chi connectivity index (χ4v) is 2.01. The van der Waals surface area contributed by atoms with Gasteiger partial charge in [0.1, 0.15) is 6.61 Å². The summed E-state index contributed by atoms with van der Waals surface area (Å²) in [5.74, 6) is -0.963. The minimum atomic E-state index is -0.954. The average molecular weight is 298 g/mol. The third kappa shape index (κ3) is 6.40. The Balaban J connectivity index is 2.71. The van der Waals surface area contributed by atoms with Gasteiger partial charge in [-0.15, -0.1) is 0 Å². The van der Waals surface area contributed by atoms with Gasteiger partial charge < -0.3 is 19.7 Å². The highest BCUT2D eigenvalue weighted by Crippen LogP contribution is 2.22. The molecular formula is C14H22N2O5. The van der Waals surface area contributed by atoms with Crippen molar-refractivity contribution in [2.45, 2.75) is 46.3 Å². The first kappa shape index (κ1) is 17.2. The number of nitrogens with zero attached hydrogens (tertiary/aromatic N) is 1. The highest BCUT2D eigenvalue weighted by atomic mass is 16.5. The van der Waals surface area contributed by atoms with Gasteiger partial charge in [-0.25, -0.2) is 0 Å². The van der Waals surface area contributed by atoms with Gasteiger partial charge in [-0.2, -0.15) is 0 Å². The minimum absolute atomic E-state index is 0.0988. The van der Waals surface area contributed by atoms with Crippen LogP contribution in [0.25, 0.3) is 0 Å². The number of aromatic nitrogens is 1. The van der Waals surface area contributed by atoms with Gasteiger partial charge in [-0.1, -0.05) is 25.9 Å². The number of rotatable bonds is 7. The molecule has 0 aromatic carbocycles. The normalized spacial score (nSPS) is 13.0. The molecule has 0 bridgehead atoms. The van der Waals surface area contributed by atoms with E-state index in [1.54, 1.807) is 0 Å². The summed E-state index contributed by atoms with van der Waals surface area (Å²) in [6.07, 6.45) is 0.416. The van der Waals surface area contributed by atoms with E-state index in [1.165, 1.54) is 13.2 Å². The van der Waals surface area contributed by atoms with Crippen molar-refractivity contribution in [1.82, 2.24) is 10.5 Å². The number of hydrogen-bond donors (Lipinski definition) is 2. The Morgan fingerprint density at radius 2 is 2.14 bits per heavy atom. The van der Waals surface area contributed by atoms with E-state index in [0.29, 0.717) is 12.2 Å². The lowest BCUT2D eigenvalue weighted by Crippen LogP contribution is -2.39. The first-order valence-electron chi connectivity index (χ1n) is 6.68. The molecule has 7 heteroatoms. The number of ether oxygens (including phenoxy) is 1. The van der Waals surface area contributed by atoms with Gasteiger partial charge in [0.15, 0.2) is 11.5 Å². The number of nitrogens with one attached hydrogen (secondary N) is 1. The number of amides is 1. The van der Waals surface area contributed by atoms with Gasteiger partial charge in [0, 0.05) is 19.2 Å². The zero-order valence-electron chi connectivity index (χ0n) is 12.8. The van der Waals surface area contributed by atoms with Crippen LogP contribution in [0.5, 0.6) is 0 Å². The van der Waals surface area contributed by atoms with Crippen molar-refractivity contribution < 1.29 is 24.0 Å². The third-order valence-corrected chi connectivity index (χ3v) is 2.69. The van der Waals surface area contributed by atoms with Crippen molar-refractivity contribution in [3.63, 3.8) is 0 Å². The number of methoxy groups -OCH3 is 1. The maximum Gasteiger partial charge on any atom is 0.305 e. The van der Waals surface area contributed by atoms with Crippen LogP contribution < -0.4 is 5.32 Å². The molecule has 0 spiro atoms. The van der Waals surface area contributed by atoms with E-state index in [-0.39, 0.29) is 24.1 Å². The van der Waals surface area contributed by atoms with Gasteiger partial charge in [0.05, 0.1) is 6.42 Å². The predicted molar refractivity (Wildman–Crippen MR) is 74.8 cm³/mol. The molecule has 1 rings (SSSR count). The van der Waals surface area contributed by atoms with Crippen molar-refractivity contribution in [2.75, 3.05) is 7.11 Å². The van der Waals surface area contributed by atoms with E-state index in [0.717, 1.165) is 0 Å². The average Bonchev–Trinajstić information content (AvgIpc) is 2.74. The first-order valence-corrected chi connectivity index (χ1v) is 6.68. The molecule has 21 heavy (non-hydrogen) atoms. The van der Waals surface area contributed by atoms with Crippen LogP contribution in [0.2, 0.25) is 0 Å². The highest BCUT2D eigenvalue weighted by molar-refractivity contribution is 5.92. The number of carbonyl (C=O) groups is 2. The Labute approximate surface area is 123 Å². The van der Waals surface area contributed by atoms with Crippen LogP contribution >= 0.6 is 0 Å². The molecule has 1 aromatic heterocycles. The summed E-state index contributed by atoms with van der Waals surface area (Å²) < 4.78 is 9.81. The van der Waals surface area contributed by atoms with Gasteiger partial charge >= 0.3 is 5.97 Å². The van der Waals surface area contributed by atoms with Crippen molar-refractivity contribution in [3.8, 4) is 0 Å². The van der Waals surface area contributed by atoms with Crippen LogP contribution in [0.3, 0.4) is 0 Å².